The molecule has 1 aromatic rings. The molecule has 15 heavy (non-hydrogen) atoms. The number of nitrogens with one attached hydrogen (secondary N) is 1. The van der Waals surface area contributed by atoms with Crippen molar-refractivity contribution in [3.05, 3.63) is 35.9 Å². The molecule has 1 N–H and O–H groups in total. The fraction of sp³-hybridized carbons (Fsp3) is 0.538. The Labute approximate surface area is 93.3 Å². The highest BCUT2D eigenvalue weighted by Crippen LogP contribution is 2.02. The van der Waals surface area contributed by atoms with Crippen molar-refractivity contribution in [1.29, 1.82) is 0 Å². The zero-order chi connectivity index (χ0) is 11.3. The predicted molar refractivity (Wildman–Crippen MR) is 65.9 cm³/mol. The van der Waals surface area contributed by atoms with E-state index in [2.05, 4.69) is 68.5 Å². The lowest BCUT2D eigenvalue weighted by atomic mass is 10.1. The van der Waals surface area contributed by atoms with Gasteiger partial charge in [0.05, 0.1) is 0 Å². The van der Waals surface area contributed by atoms with Gasteiger partial charge in [0.15, 0.2) is 0 Å². The Bertz CT molecular complexity index is 269. The SMILES string of the molecule is CC(NCc1ccccc1)C(C)N(C)C. The molecule has 2 nitrogen and oxygen atoms in total. The molecule has 84 valence electrons. The van der Waals surface area contributed by atoms with E-state index >= 15 is 0 Å². The molecule has 1 rings (SSSR count). The summed E-state index contributed by atoms with van der Waals surface area (Å²) >= 11 is 0. The number of hydrogen-bond donors (Lipinski definition) is 1. The van der Waals surface area contributed by atoms with Crippen LogP contribution in [0.3, 0.4) is 0 Å². The zero-order valence-corrected chi connectivity index (χ0v) is 10.2. The lowest BCUT2D eigenvalue weighted by Crippen LogP contribution is -2.43. The predicted octanol–water partition coefficient (Wildman–Crippen LogP) is 2.11. The van der Waals surface area contributed by atoms with Crippen molar-refractivity contribution >= 4 is 0 Å². The molecule has 0 spiro atoms. The highest BCUT2D eigenvalue weighted by Gasteiger charge is 2.12. The van der Waals surface area contributed by atoms with Crippen LogP contribution in [0.2, 0.25) is 0 Å². The topological polar surface area (TPSA) is 15.3 Å². The van der Waals surface area contributed by atoms with Crippen LogP contribution in [0.5, 0.6) is 0 Å². The third-order valence-corrected chi connectivity index (χ3v) is 3.01. The molecule has 2 atom stereocenters. The Morgan fingerprint density at radius 3 is 2.27 bits per heavy atom. The molecule has 0 aliphatic heterocycles. The smallest absolute Gasteiger partial charge is 0.0212 e. The van der Waals surface area contributed by atoms with Gasteiger partial charge in [0.2, 0.25) is 0 Å². The van der Waals surface area contributed by atoms with E-state index in [1.165, 1.54) is 5.56 Å². The Morgan fingerprint density at radius 2 is 1.73 bits per heavy atom. The molecule has 0 radical (unpaired) electrons. The molecule has 0 amide bonds. The first-order valence-corrected chi connectivity index (χ1v) is 5.55. The first-order chi connectivity index (χ1) is 7.11. The monoisotopic (exact) mass is 206 g/mol. The lowest BCUT2D eigenvalue weighted by Gasteiger charge is -2.27. The summed E-state index contributed by atoms with van der Waals surface area (Å²) in [6.45, 7) is 5.41. The van der Waals surface area contributed by atoms with Crippen LogP contribution in [0.15, 0.2) is 30.3 Å². The van der Waals surface area contributed by atoms with E-state index in [-0.39, 0.29) is 0 Å². The minimum atomic E-state index is 0.500. The summed E-state index contributed by atoms with van der Waals surface area (Å²) in [5.41, 5.74) is 1.34. The first-order valence-electron chi connectivity index (χ1n) is 5.55. The molecular formula is C13H22N2. The van der Waals surface area contributed by atoms with Crippen molar-refractivity contribution in [2.24, 2.45) is 0 Å². The highest BCUT2D eigenvalue weighted by molar-refractivity contribution is 5.14. The van der Waals surface area contributed by atoms with E-state index in [9.17, 15) is 0 Å². The van der Waals surface area contributed by atoms with E-state index in [1.807, 2.05) is 0 Å². The molecule has 0 aromatic heterocycles. The second kappa shape index (κ2) is 5.89. The number of hydrogen-bond acceptors (Lipinski definition) is 2. The molecule has 0 saturated heterocycles. The van der Waals surface area contributed by atoms with E-state index in [0.29, 0.717) is 12.1 Å². The Hall–Kier alpha value is -0.860. The van der Waals surface area contributed by atoms with E-state index in [1.54, 1.807) is 0 Å². The number of likely N-dealkylation sites (N-methyl/N-ethyl adjacent to an activating group) is 1. The fourth-order valence-corrected chi connectivity index (χ4v) is 1.49. The van der Waals surface area contributed by atoms with Crippen LogP contribution in [0.25, 0.3) is 0 Å². The van der Waals surface area contributed by atoms with Crippen molar-refractivity contribution in [3.63, 3.8) is 0 Å². The average molecular weight is 206 g/mol. The Kier molecular flexibility index (Phi) is 4.79. The molecule has 0 aliphatic rings. The normalized spacial score (nSPS) is 15.3. The first kappa shape index (κ1) is 12.2. The third kappa shape index (κ3) is 4.02. The number of nitrogens with zero attached hydrogens (tertiary/aromatic N) is 1. The van der Waals surface area contributed by atoms with Gasteiger partial charge in [-0.15, -0.1) is 0 Å². The molecule has 0 fully saturated rings. The maximum atomic E-state index is 3.54. The Balaban J connectivity index is 2.37. The quantitative estimate of drug-likeness (QED) is 0.794. The van der Waals surface area contributed by atoms with Gasteiger partial charge in [-0.25, -0.2) is 0 Å². The molecule has 2 heteroatoms. The van der Waals surface area contributed by atoms with Gasteiger partial charge < -0.3 is 10.2 Å². The maximum absolute atomic E-state index is 3.54. The average Bonchev–Trinajstić information content (AvgIpc) is 2.26. The summed E-state index contributed by atoms with van der Waals surface area (Å²) in [5, 5.41) is 3.54. The molecule has 1 aromatic carbocycles. The minimum absolute atomic E-state index is 0.500. The van der Waals surface area contributed by atoms with Crippen LogP contribution in [0.1, 0.15) is 19.4 Å². The van der Waals surface area contributed by atoms with Gasteiger partial charge in [0, 0.05) is 18.6 Å². The van der Waals surface area contributed by atoms with E-state index in [0.717, 1.165) is 6.54 Å². The molecule has 0 bridgehead atoms. The number of rotatable bonds is 5. The zero-order valence-electron chi connectivity index (χ0n) is 10.2. The van der Waals surface area contributed by atoms with Gasteiger partial charge in [-0.2, -0.15) is 0 Å². The van der Waals surface area contributed by atoms with Gasteiger partial charge in [-0.05, 0) is 33.5 Å². The van der Waals surface area contributed by atoms with Gasteiger partial charge in [-0.3, -0.25) is 0 Å². The fourth-order valence-electron chi connectivity index (χ4n) is 1.49. The van der Waals surface area contributed by atoms with Crippen LogP contribution >= 0.6 is 0 Å². The van der Waals surface area contributed by atoms with Crippen molar-refractivity contribution in [3.8, 4) is 0 Å². The summed E-state index contributed by atoms with van der Waals surface area (Å²) in [5.74, 6) is 0. The van der Waals surface area contributed by atoms with Crippen molar-refractivity contribution in [2.75, 3.05) is 14.1 Å². The van der Waals surface area contributed by atoms with Gasteiger partial charge in [0.1, 0.15) is 0 Å². The van der Waals surface area contributed by atoms with Crippen LogP contribution in [0.4, 0.5) is 0 Å². The second-order valence-electron chi connectivity index (χ2n) is 4.36. The summed E-state index contributed by atoms with van der Waals surface area (Å²) in [6, 6.07) is 11.6. The second-order valence-corrected chi connectivity index (χ2v) is 4.36. The van der Waals surface area contributed by atoms with Crippen LogP contribution in [-0.2, 0) is 6.54 Å². The van der Waals surface area contributed by atoms with Crippen LogP contribution in [-0.4, -0.2) is 31.1 Å². The van der Waals surface area contributed by atoms with Gasteiger partial charge >= 0.3 is 0 Å². The van der Waals surface area contributed by atoms with Gasteiger partial charge in [0.25, 0.3) is 0 Å². The summed E-state index contributed by atoms with van der Waals surface area (Å²) in [4.78, 5) is 2.24. The minimum Gasteiger partial charge on any atom is -0.309 e. The molecule has 0 aliphatic carbocycles. The largest absolute Gasteiger partial charge is 0.309 e. The van der Waals surface area contributed by atoms with E-state index < -0.39 is 0 Å². The van der Waals surface area contributed by atoms with Crippen LogP contribution in [0, 0.1) is 0 Å². The summed E-state index contributed by atoms with van der Waals surface area (Å²) in [7, 11) is 4.23. The maximum Gasteiger partial charge on any atom is 0.0212 e. The van der Waals surface area contributed by atoms with Crippen molar-refractivity contribution in [2.45, 2.75) is 32.5 Å². The number of benzene rings is 1. The molecule has 0 saturated carbocycles. The molecule has 2 unspecified atom stereocenters. The van der Waals surface area contributed by atoms with Crippen LogP contribution < -0.4 is 5.32 Å². The van der Waals surface area contributed by atoms with Crippen molar-refractivity contribution < 1.29 is 0 Å². The lowest BCUT2D eigenvalue weighted by molar-refractivity contribution is 0.254. The standard InChI is InChI=1S/C13H22N2/c1-11(12(2)15(3)4)14-10-13-8-6-5-7-9-13/h5-9,11-12,14H,10H2,1-4H3. The summed E-state index contributed by atoms with van der Waals surface area (Å²) < 4.78 is 0. The highest BCUT2D eigenvalue weighted by atomic mass is 15.1. The Morgan fingerprint density at radius 1 is 1.13 bits per heavy atom. The summed E-state index contributed by atoms with van der Waals surface area (Å²) in [6.07, 6.45) is 0. The third-order valence-electron chi connectivity index (χ3n) is 3.01. The molecule has 0 heterocycles. The molecular weight excluding hydrogens is 184 g/mol. The van der Waals surface area contributed by atoms with E-state index in [4.69, 9.17) is 0 Å². The van der Waals surface area contributed by atoms with Crippen molar-refractivity contribution in [1.82, 2.24) is 10.2 Å². The van der Waals surface area contributed by atoms with Gasteiger partial charge in [-0.1, -0.05) is 30.3 Å².